The number of hydrogen-bond acceptors (Lipinski definition) is 4. The van der Waals surface area contributed by atoms with E-state index in [-0.39, 0.29) is 23.3 Å². The van der Waals surface area contributed by atoms with Gasteiger partial charge in [0.15, 0.2) is 5.69 Å². The first-order chi connectivity index (χ1) is 8.90. The maximum Gasteiger partial charge on any atom is 0.321 e. The number of carbonyl (C=O) groups is 2. The molecule has 0 spiro atoms. The number of aromatic nitrogens is 1. The normalized spacial score (nSPS) is 16.8. The maximum absolute atomic E-state index is 11.9. The molecule has 1 fully saturated rings. The molecule has 2 N–H and O–H groups in total. The van der Waals surface area contributed by atoms with E-state index in [0.29, 0.717) is 13.1 Å². The van der Waals surface area contributed by atoms with Crippen LogP contribution < -0.4 is 0 Å². The third kappa shape index (κ3) is 2.42. The number of aromatic amines is 1. The summed E-state index contributed by atoms with van der Waals surface area (Å²) in [6.07, 6.45) is 0. The van der Waals surface area contributed by atoms with E-state index in [4.69, 9.17) is 5.11 Å². The van der Waals surface area contributed by atoms with Crippen LogP contribution in [0.5, 0.6) is 0 Å². The fourth-order valence-electron chi connectivity index (χ4n) is 1.98. The lowest BCUT2D eigenvalue weighted by molar-refractivity contribution is -0.389. The number of carboxylic acids is 1. The number of aliphatic carboxylic acids is 1. The molecule has 1 aromatic rings. The first-order valence-corrected chi connectivity index (χ1v) is 5.75. The van der Waals surface area contributed by atoms with Gasteiger partial charge in [-0.15, -0.1) is 0 Å². The molecule has 8 nitrogen and oxygen atoms in total. The Morgan fingerprint density at radius 1 is 1.53 bits per heavy atom. The average Bonchev–Trinajstić information content (AvgIpc) is 2.75. The first kappa shape index (κ1) is 13.1. The highest BCUT2D eigenvalue weighted by Crippen LogP contribution is 2.25. The number of likely N-dealkylation sites (tertiary alicyclic amines) is 1. The van der Waals surface area contributed by atoms with Gasteiger partial charge in [-0.05, 0) is 11.0 Å². The van der Waals surface area contributed by atoms with Gasteiger partial charge in [0.05, 0.1) is 5.92 Å². The van der Waals surface area contributed by atoms with Crippen molar-refractivity contribution in [1.82, 2.24) is 9.88 Å². The minimum Gasteiger partial charge on any atom is -0.481 e. The molecule has 1 aromatic heterocycles. The zero-order valence-electron chi connectivity index (χ0n) is 10.2. The number of amides is 1. The number of hydrogen-bond donors (Lipinski definition) is 2. The Labute approximate surface area is 108 Å². The van der Waals surface area contributed by atoms with Crippen LogP contribution in [0.2, 0.25) is 0 Å². The van der Waals surface area contributed by atoms with Gasteiger partial charge in [-0.2, -0.15) is 0 Å². The maximum atomic E-state index is 11.9. The molecule has 102 valence electrons. The number of rotatable bonds is 4. The van der Waals surface area contributed by atoms with E-state index >= 15 is 0 Å². The van der Waals surface area contributed by atoms with Crippen molar-refractivity contribution < 1.29 is 19.6 Å². The molecule has 1 aliphatic heterocycles. The summed E-state index contributed by atoms with van der Waals surface area (Å²) in [7, 11) is 0. The van der Waals surface area contributed by atoms with Crippen molar-refractivity contribution in [3.63, 3.8) is 0 Å². The quantitative estimate of drug-likeness (QED) is 0.615. The van der Waals surface area contributed by atoms with Crippen molar-refractivity contribution in [2.75, 3.05) is 13.1 Å². The Morgan fingerprint density at radius 2 is 2.16 bits per heavy atom. The molecule has 1 saturated heterocycles. The highest BCUT2D eigenvalue weighted by atomic mass is 16.6. The fraction of sp³-hybridized carbons (Fsp3) is 0.455. The molecule has 1 amide bonds. The molecule has 0 bridgehead atoms. The number of nitrogens with zero attached hydrogens (tertiary/aromatic N) is 2. The van der Waals surface area contributed by atoms with Gasteiger partial charge >= 0.3 is 11.8 Å². The van der Waals surface area contributed by atoms with E-state index in [1.54, 1.807) is 6.92 Å². The number of carboxylic acid groups (broad SMARTS) is 1. The van der Waals surface area contributed by atoms with E-state index in [1.165, 1.54) is 17.0 Å². The van der Waals surface area contributed by atoms with Crippen molar-refractivity contribution in [2.45, 2.75) is 6.92 Å². The molecule has 19 heavy (non-hydrogen) atoms. The summed E-state index contributed by atoms with van der Waals surface area (Å²) in [4.78, 5) is 36.5. The van der Waals surface area contributed by atoms with E-state index in [0.717, 1.165) is 0 Å². The van der Waals surface area contributed by atoms with Crippen LogP contribution >= 0.6 is 0 Å². The Kier molecular flexibility index (Phi) is 3.24. The zero-order valence-corrected chi connectivity index (χ0v) is 10.2. The molecular formula is C11H13N3O5. The molecule has 0 saturated carbocycles. The SMILES string of the molecule is CC(C(=O)O)C1CN(C(=O)c2ccc([N+](=O)[O-])[nH]2)C1. The van der Waals surface area contributed by atoms with Gasteiger partial charge in [0.2, 0.25) is 0 Å². The van der Waals surface area contributed by atoms with Crippen molar-refractivity contribution in [3.8, 4) is 0 Å². The predicted molar refractivity (Wildman–Crippen MR) is 63.6 cm³/mol. The van der Waals surface area contributed by atoms with Crippen molar-refractivity contribution in [2.24, 2.45) is 11.8 Å². The summed E-state index contributed by atoms with van der Waals surface area (Å²) in [5.41, 5.74) is 0.146. The summed E-state index contributed by atoms with van der Waals surface area (Å²) in [5, 5.41) is 19.3. The second kappa shape index (κ2) is 4.71. The lowest BCUT2D eigenvalue weighted by atomic mass is 9.87. The highest BCUT2D eigenvalue weighted by molar-refractivity contribution is 5.93. The molecule has 2 heterocycles. The Hall–Kier alpha value is -2.38. The molecule has 8 heteroatoms. The Bertz CT molecular complexity index is 532. The number of nitrogens with one attached hydrogen (secondary N) is 1. The molecule has 0 radical (unpaired) electrons. The van der Waals surface area contributed by atoms with E-state index < -0.39 is 16.8 Å². The van der Waals surface area contributed by atoms with Gasteiger partial charge < -0.3 is 20.1 Å². The van der Waals surface area contributed by atoms with Crippen LogP contribution in [0.1, 0.15) is 17.4 Å². The fourth-order valence-corrected chi connectivity index (χ4v) is 1.98. The van der Waals surface area contributed by atoms with Gasteiger partial charge in [-0.25, -0.2) is 4.98 Å². The Morgan fingerprint density at radius 3 is 2.63 bits per heavy atom. The molecule has 0 aromatic carbocycles. The van der Waals surface area contributed by atoms with Crippen molar-refractivity contribution in [3.05, 3.63) is 27.9 Å². The van der Waals surface area contributed by atoms with Gasteiger partial charge in [0.25, 0.3) is 5.91 Å². The van der Waals surface area contributed by atoms with E-state index in [9.17, 15) is 19.7 Å². The minimum absolute atomic E-state index is 0.0635. The van der Waals surface area contributed by atoms with E-state index in [1.807, 2.05) is 0 Å². The summed E-state index contributed by atoms with van der Waals surface area (Å²) >= 11 is 0. The monoisotopic (exact) mass is 267 g/mol. The smallest absolute Gasteiger partial charge is 0.321 e. The van der Waals surface area contributed by atoms with Crippen LogP contribution in [0, 0.1) is 22.0 Å². The largest absolute Gasteiger partial charge is 0.481 e. The predicted octanol–water partition coefficient (Wildman–Crippen LogP) is 0.716. The number of carbonyl (C=O) groups excluding carboxylic acids is 1. The molecule has 1 atom stereocenters. The summed E-state index contributed by atoms with van der Waals surface area (Å²) in [5.74, 6) is -2.03. The lowest BCUT2D eigenvalue weighted by Gasteiger charge is -2.40. The molecule has 0 aliphatic carbocycles. The lowest BCUT2D eigenvalue weighted by Crippen LogP contribution is -2.53. The van der Waals surface area contributed by atoms with Crippen LogP contribution in [0.3, 0.4) is 0 Å². The Balaban J connectivity index is 1.96. The van der Waals surface area contributed by atoms with Crippen LogP contribution in [-0.4, -0.2) is 44.9 Å². The second-order valence-corrected chi connectivity index (χ2v) is 4.61. The second-order valence-electron chi connectivity index (χ2n) is 4.61. The summed E-state index contributed by atoms with van der Waals surface area (Å²) in [6, 6.07) is 2.58. The van der Waals surface area contributed by atoms with Crippen LogP contribution in [0.4, 0.5) is 5.82 Å². The van der Waals surface area contributed by atoms with Crippen LogP contribution in [0.25, 0.3) is 0 Å². The van der Waals surface area contributed by atoms with Crippen molar-refractivity contribution >= 4 is 17.7 Å². The highest BCUT2D eigenvalue weighted by Gasteiger charge is 2.38. The molecular weight excluding hydrogens is 254 g/mol. The topological polar surface area (TPSA) is 117 Å². The zero-order chi connectivity index (χ0) is 14.2. The molecule has 1 unspecified atom stereocenters. The van der Waals surface area contributed by atoms with Gasteiger partial charge in [0.1, 0.15) is 0 Å². The van der Waals surface area contributed by atoms with E-state index in [2.05, 4.69) is 4.98 Å². The van der Waals surface area contributed by atoms with Gasteiger partial charge in [-0.3, -0.25) is 9.59 Å². The van der Waals surface area contributed by atoms with Crippen molar-refractivity contribution in [1.29, 1.82) is 0 Å². The van der Waals surface area contributed by atoms with Crippen LogP contribution in [-0.2, 0) is 4.79 Å². The molecule has 2 rings (SSSR count). The van der Waals surface area contributed by atoms with Gasteiger partial charge in [-0.1, -0.05) is 6.92 Å². The summed E-state index contributed by atoms with van der Waals surface area (Å²) < 4.78 is 0. The van der Waals surface area contributed by atoms with Crippen LogP contribution in [0.15, 0.2) is 12.1 Å². The minimum atomic E-state index is -0.882. The first-order valence-electron chi connectivity index (χ1n) is 5.75. The average molecular weight is 267 g/mol. The van der Waals surface area contributed by atoms with Gasteiger partial charge in [0, 0.05) is 25.1 Å². The number of nitro groups is 1. The third-order valence-electron chi connectivity index (χ3n) is 3.39. The summed E-state index contributed by atoms with van der Waals surface area (Å²) in [6.45, 7) is 2.33. The number of H-pyrrole nitrogens is 1. The molecule has 1 aliphatic rings. The standard InChI is InChI=1S/C11H13N3O5/c1-6(11(16)17)7-4-13(5-7)10(15)8-2-3-9(12-8)14(18)19/h2-3,6-7,12H,4-5H2,1H3,(H,16,17). The third-order valence-corrected chi connectivity index (χ3v) is 3.39.